The van der Waals surface area contributed by atoms with Gasteiger partial charge in [0.15, 0.2) is 0 Å². The lowest BCUT2D eigenvalue weighted by atomic mass is 9.84. The average Bonchev–Trinajstić information content (AvgIpc) is 4.02. The molecule has 0 radical (unpaired) electrons. The molecule has 3 aliphatic heterocycles. The van der Waals surface area contributed by atoms with Crippen molar-refractivity contribution >= 4 is 41.5 Å². The number of likely N-dealkylation sites (tertiary alicyclic amines) is 2. The van der Waals surface area contributed by atoms with E-state index in [0.717, 1.165) is 33.1 Å². The van der Waals surface area contributed by atoms with Crippen molar-refractivity contribution in [2.24, 2.45) is 23.3 Å². The molecule has 3 aromatic rings. The van der Waals surface area contributed by atoms with Crippen LogP contribution in [0, 0.1) is 11.8 Å². The van der Waals surface area contributed by atoms with Crippen molar-refractivity contribution in [3.8, 4) is 0 Å². The second kappa shape index (κ2) is 18.3. The summed E-state index contributed by atoms with van der Waals surface area (Å²) in [5.41, 5.74) is 11.2. The number of carbonyl (C=O) groups is 6. The maximum absolute atomic E-state index is 14.1. The fourth-order valence-electron chi connectivity index (χ4n) is 10.6. The Balaban J connectivity index is 1.36. The first kappa shape index (κ1) is 48.1. The molecule has 6 amide bonds. The second-order valence-electron chi connectivity index (χ2n) is 18.1. The van der Waals surface area contributed by atoms with E-state index in [1.807, 2.05) is 29.2 Å². The third-order valence-electron chi connectivity index (χ3n) is 13.7. The Labute approximate surface area is 376 Å². The number of likely N-dealkylation sites (N-methyl/N-ethyl adjacent to an activating group) is 2. The number of benzene rings is 3. The SMILES string of the molecule is CC(C)[C@@H](C(=O)N1CCC[C@@]1(C(N)=O)c1ccc([C@H]2CC[C@H](c3ccc([C@]4(C(N)=O)CCCN4C(=O)[C@H](C(C)C)N(C)C(=O)O)cc3)N2c2ccc(C(F)(F)F)cc2)cc1)N(C)C(=O)O. The summed E-state index contributed by atoms with van der Waals surface area (Å²) in [5, 5.41) is 19.5. The van der Waals surface area contributed by atoms with Gasteiger partial charge in [-0.1, -0.05) is 76.2 Å². The van der Waals surface area contributed by atoms with Gasteiger partial charge in [0.1, 0.15) is 23.2 Å². The number of hydrogen-bond acceptors (Lipinski definition) is 7. The summed E-state index contributed by atoms with van der Waals surface area (Å²) in [6.45, 7) is 7.26. The Morgan fingerprint density at radius 2 is 0.985 bits per heavy atom. The zero-order valence-corrected chi connectivity index (χ0v) is 37.4. The maximum Gasteiger partial charge on any atom is 0.416 e. The monoisotopic (exact) mass is 905 g/mol. The van der Waals surface area contributed by atoms with Crippen molar-refractivity contribution in [3.05, 3.63) is 101 Å². The van der Waals surface area contributed by atoms with E-state index >= 15 is 0 Å². The number of nitrogens with zero attached hydrogens (tertiary/aromatic N) is 5. The summed E-state index contributed by atoms with van der Waals surface area (Å²) in [5.74, 6) is -3.43. The van der Waals surface area contributed by atoms with E-state index in [2.05, 4.69) is 0 Å². The van der Waals surface area contributed by atoms with Gasteiger partial charge in [-0.05, 0) is 96.9 Å². The average molecular weight is 906 g/mol. The molecule has 6 rings (SSSR count). The van der Waals surface area contributed by atoms with Gasteiger partial charge in [0, 0.05) is 32.9 Å². The van der Waals surface area contributed by atoms with Crippen LogP contribution in [0.4, 0.5) is 28.4 Å². The van der Waals surface area contributed by atoms with Crippen LogP contribution in [0.1, 0.15) is 106 Å². The highest BCUT2D eigenvalue weighted by molar-refractivity contribution is 5.96. The third kappa shape index (κ3) is 8.54. The number of amides is 6. The van der Waals surface area contributed by atoms with Crippen LogP contribution >= 0.6 is 0 Å². The van der Waals surface area contributed by atoms with Gasteiger partial charge < -0.3 is 36.4 Å². The van der Waals surface area contributed by atoms with E-state index in [1.54, 1.807) is 52.0 Å². The summed E-state index contributed by atoms with van der Waals surface area (Å²) in [7, 11) is 2.62. The number of carbonyl (C=O) groups excluding carboxylic acids is 4. The van der Waals surface area contributed by atoms with Gasteiger partial charge in [-0.2, -0.15) is 13.2 Å². The third-order valence-corrected chi connectivity index (χ3v) is 13.7. The summed E-state index contributed by atoms with van der Waals surface area (Å²) in [4.78, 5) is 85.8. The lowest BCUT2D eigenvalue weighted by Crippen LogP contribution is -2.59. The van der Waals surface area contributed by atoms with E-state index in [1.165, 1.54) is 36.0 Å². The van der Waals surface area contributed by atoms with Crippen LogP contribution in [-0.4, -0.2) is 105 Å². The summed E-state index contributed by atoms with van der Waals surface area (Å²) in [6, 6.07) is 16.1. The molecule has 0 bridgehead atoms. The lowest BCUT2D eigenvalue weighted by Gasteiger charge is -2.41. The molecule has 3 fully saturated rings. The second-order valence-corrected chi connectivity index (χ2v) is 18.1. The molecule has 0 aromatic heterocycles. The lowest BCUT2D eigenvalue weighted by molar-refractivity contribution is -0.148. The Bertz CT molecular complexity index is 2160. The Kier molecular flexibility index (Phi) is 13.5. The minimum atomic E-state index is -4.57. The summed E-state index contributed by atoms with van der Waals surface area (Å²) >= 11 is 0. The molecule has 350 valence electrons. The van der Waals surface area contributed by atoms with Crippen molar-refractivity contribution in [2.75, 3.05) is 32.1 Å². The van der Waals surface area contributed by atoms with Gasteiger partial charge in [0.2, 0.25) is 23.6 Å². The smallest absolute Gasteiger partial charge is 0.416 e. The Morgan fingerprint density at radius 3 is 1.28 bits per heavy atom. The quantitative estimate of drug-likeness (QED) is 0.144. The van der Waals surface area contributed by atoms with Gasteiger partial charge in [-0.15, -0.1) is 0 Å². The van der Waals surface area contributed by atoms with E-state index < -0.39 is 82.6 Å². The van der Waals surface area contributed by atoms with Crippen molar-refractivity contribution in [1.82, 2.24) is 19.6 Å². The van der Waals surface area contributed by atoms with Crippen molar-refractivity contribution < 1.29 is 52.2 Å². The van der Waals surface area contributed by atoms with Crippen molar-refractivity contribution in [3.63, 3.8) is 0 Å². The Morgan fingerprint density at radius 1 is 0.631 bits per heavy atom. The van der Waals surface area contributed by atoms with Crippen LogP contribution < -0.4 is 16.4 Å². The highest BCUT2D eigenvalue weighted by Crippen LogP contribution is 2.49. The van der Waals surface area contributed by atoms with Gasteiger partial charge in [-0.3, -0.25) is 29.0 Å². The highest BCUT2D eigenvalue weighted by atomic mass is 19.4. The molecule has 65 heavy (non-hydrogen) atoms. The molecule has 0 aliphatic carbocycles. The first-order chi connectivity index (χ1) is 30.5. The van der Waals surface area contributed by atoms with E-state index in [9.17, 15) is 52.2 Å². The molecule has 18 heteroatoms. The molecule has 3 heterocycles. The highest BCUT2D eigenvalue weighted by Gasteiger charge is 2.54. The number of anilines is 1. The largest absolute Gasteiger partial charge is 0.465 e. The predicted octanol–water partition coefficient (Wildman–Crippen LogP) is 6.66. The van der Waals surface area contributed by atoms with Gasteiger partial charge in [0.25, 0.3) is 0 Å². The van der Waals surface area contributed by atoms with Crippen LogP contribution in [0.5, 0.6) is 0 Å². The molecule has 15 nitrogen and oxygen atoms in total. The number of halogens is 3. The molecule has 0 unspecified atom stereocenters. The molecule has 0 spiro atoms. The molecule has 0 saturated carbocycles. The fraction of sp³-hybridized carbons (Fsp3) is 0.489. The number of rotatable bonds is 13. The minimum Gasteiger partial charge on any atom is -0.465 e. The first-order valence-electron chi connectivity index (χ1n) is 21.8. The molecule has 6 atom stereocenters. The molecule has 3 aromatic carbocycles. The number of nitrogens with two attached hydrogens (primary N) is 2. The van der Waals surface area contributed by atoms with Crippen LogP contribution in [0.3, 0.4) is 0 Å². The van der Waals surface area contributed by atoms with Gasteiger partial charge in [0.05, 0.1) is 17.6 Å². The standard InChI is InChI=1S/C47H58F3N7O8/c1-27(2)37(53(5)43(62)63)39(58)55-25-7-23-45(55,41(51)60)31-13-9-29(10-14-31)35-21-22-36(57(35)34-19-17-33(18-20-34)47(48,49)50)30-11-15-32(16-12-30)46(42(52)61)24-8-26-56(46)40(59)38(28(3)4)54(6)44(64)65/h9-20,27-28,35-38H,7-8,21-26H2,1-6H3,(H2,51,60)(H2,52,61)(H,62,63)(H,64,65)/t35-,36-,37+,38+,45+,46+/m1/s1. The first-order valence-corrected chi connectivity index (χ1v) is 21.8. The molecular weight excluding hydrogens is 848 g/mol. The van der Waals surface area contributed by atoms with E-state index in [0.29, 0.717) is 42.5 Å². The molecular formula is C47H58F3N7O8. The van der Waals surface area contributed by atoms with E-state index in [-0.39, 0.29) is 38.0 Å². The minimum absolute atomic E-state index is 0.181. The molecule has 6 N–H and O–H groups in total. The summed E-state index contributed by atoms with van der Waals surface area (Å²) < 4.78 is 41.3. The van der Waals surface area contributed by atoms with E-state index in [4.69, 9.17) is 11.5 Å². The molecule has 3 aliphatic rings. The fourth-order valence-corrected chi connectivity index (χ4v) is 10.6. The molecule has 3 saturated heterocycles. The van der Waals surface area contributed by atoms with Crippen LogP contribution in [0.2, 0.25) is 0 Å². The number of primary amides is 2. The van der Waals surface area contributed by atoms with Crippen molar-refractivity contribution in [2.45, 2.75) is 108 Å². The number of carboxylic acid groups (broad SMARTS) is 2. The number of hydrogen-bond donors (Lipinski definition) is 4. The van der Waals surface area contributed by atoms with Crippen LogP contribution in [-0.2, 0) is 36.4 Å². The summed E-state index contributed by atoms with van der Waals surface area (Å²) in [6.07, 6.45) is -4.73. The normalized spacial score (nSPS) is 23.2. The van der Waals surface area contributed by atoms with Gasteiger partial charge >= 0.3 is 18.4 Å². The predicted molar refractivity (Wildman–Crippen MR) is 234 cm³/mol. The van der Waals surface area contributed by atoms with Crippen LogP contribution in [0.15, 0.2) is 72.8 Å². The zero-order chi connectivity index (χ0) is 47.9. The zero-order valence-electron chi connectivity index (χ0n) is 37.4. The number of alkyl halides is 3. The van der Waals surface area contributed by atoms with Gasteiger partial charge in [-0.25, -0.2) is 9.59 Å². The topological polar surface area (TPSA) is 211 Å². The van der Waals surface area contributed by atoms with Crippen LogP contribution in [0.25, 0.3) is 0 Å². The van der Waals surface area contributed by atoms with Crippen molar-refractivity contribution in [1.29, 1.82) is 0 Å². The maximum atomic E-state index is 14.1. The Hall–Kier alpha value is -6.33.